The molecule has 6 rings (SSSR count). The van der Waals surface area contributed by atoms with Crippen molar-refractivity contribution in [1.29, 1.82) is 0 Å². The van der Waals surface area contributed by atoms with E-state index in [1.807, 2.05) is 48.5 Å². The molecule has 2 bridgehead atoms. The number of carboxylic acids is 1. The van der Waals surface area contributed by atoms with Crippen molar-refractivity contribution in [2.24, 2.45) is 5.92 Å². The number of nitrogens with one attached hydrogen (secondary N) is 1. The van der Waals surface area contributed by atoms with Crippen molar-refractivity contribution < 1.29 is 28.9 Å². The zero-order valence-corrected chi connectivity index (χ0v) is 18.6. The lowest BCUT2D eigenvalue weighted by atomic mass is 9.89. The predicted octanol–water partition coefficient (Wildman–Crippen LogP) is 3.51. The van der Waals surface area contributed by atoms with Crippen molar-refractivity contribution in [2.75, 3.05) is 11.9 Å². The lowest BCUT2D eigenvalue weighted by Crippen LogP contribution is -2.38. The summed E-state index contributed by atoms with van der Waals surface area (Å²) in [7, 11) is 0. The summed E-state index contributed by atoms with van der Waals surface area (Å²) in [5.41, 5.74) is 4.23. The van der Waals surface area contributed by atoms with E-state index < -0.39 is 29.9 Å². The van der Waals surface area contributed by atoms with Crippen LogP contribution >= 0.6 is 0 Å². The number of anilines is 1. The number of aliphatic carboxylic acids is 1. The molecule has 2 aromatic carbocycles. The Morgan fingerprint density at radius 1 is 1.03 bits per heavy atom. The lowest BCUT2D eigenvalue weighted by molar-refractivity contribution is -0.142. The van der Waals surface area contributed by atoms with Gasteiger partial charge < -0.3 is 14.7 Å². The summed E-state index contributed by atoms with van der Waals surface area (Å²) in [5.74, 6) is -2.28. The van der Waals surface area contributed by atoms with Gasteiger partial charge in [0.2, 0.25) is 11.5 Å². The lowest BCUT2D eigenvalue weighted by Gasteiger charge is -2.22. The van der Waals surface area contributed by atoms with Gasteiger partial charge in [-0.2, -0.15) is 0 Å². The molecule has 2 N–H and O–H groups in total. The van der Waals surface area contributed by atoms with Gasteiger partial charge in [-0.15, -0.1) is 0 Å². The summed E-state index contributed by atoms with van der Waals surface area (Å²) in [6.45, 7) is 0.102. The van der Waals surface area contributed by atoms with Crippen LogP contribution in [0.3, 0.4) is 0 Å². The smallest absolute Gasteiger partial charge is 0.412 e. The van der Waals surface area contributed by atoms with Gasteiger partial charge in [-0.05, 0) is 51.8 Å². The molecule has 2 fully saturated rings. The number of aromatic nitrogens is 2. The van der Waals surface area contributed by atoms with E-state index in [1.54, 1.807) is 4.90 Å². The van der Waals surface area contributed by atoms with Gasteiger partial charge in [0.15, 0.2) is 0 Å². The Balaban J connectivity index is 1.15. The molecule has 0 unspecified atom stereocenters. The maximum absolute atomic E-state index is 13.2. The minimum atomic E-state index is -0.912. The fourth-order valence-corrected chi connectivity index (χ4v) is 5.83. The standard InChI is InChI=1S/C25H22N4O6/c30-23(29-13-9-10-20(29)18(11-13)24(31)32)21-22(28-35-27-21)26-25(33)34-12-19-16-7-3-1-5-14(16)15-6-2-4-8-17(15)19/h1-8,13,18-20H,9-12H2,(H,31,32)(H,26,28,33)/t13-,18+,20+/m1/s1. The molecule has 3 heterocycles. The zero-order chi connectivity index (χ0) is 24.1. The summed E-state index contributed by atoms with van der Waals surface area (Å²) in [6, 6.07) is 15.4. The molecule has 3 aliphatic rings. The molecule has 0 radical (unpaired) electrons. The zero-order valence-electron chi connectivity index (χ0n) is 18.6. The number of hydrogen-bond acceptors (Lipinski definition) is 7. The van der Waals surface area contributed by atoms with Crippen molar-refractivity contribution in [2.45, 2.75) is 37.3 Å². The average Bonchev–Trinajstić information content (AvgIpc) is 3.64. The summed E-state index contributed by atoms with van der Waals surface area (Å²) >= 11 is 0. The van der Waals surface area contributed by atoms with Gasteiger partial charge in [-0.1, -0.05) is 48.5 Å². The third-order valence-electron chi connectivity index (χ3n) is 7.34. The predicted molar refractivity (Wildman–Crippen MR) is 122 cm³/mol. The molecule has 178 valence electrons. The Morgan fingerprint density at radius 2 is 1.71 bits per heavy atom. The third kappa shape index (κ3) is 3.44. The summed E-state index contributed by atoms with van der Waals surface area (Å²) in [6.07, 6.45) is 0.977. The number of ether oxygens (including phenoxy) is 1. The maximum Gasteiger partial charge on any atom is 0.412 e. The summed E-state index contributed by atoms with van der Waals surface area (Å²) < 4.78 is 10.2. The number of hydrogen-bond donors (Lipinski definition) is 2. The normalized spacial score (nSPS) is 22.1. The van der Waals surface area contributed by atoms with Crippen molar-refractivity contribution in [1.82, 2.24) is 15.2 Å². The highest BCUT2D eigenvalue weighted by molar-refractivity contribution is 6.00. The Hall–Kier alpha value is -4.21. The van der Waals surface area contributed by atoms with E-state index in [4.69, 9.17) is 9.37 Å². The van der Waals surface area contributed by atoms with E-state index in [2.05, 4.69) is 15.6 Å². The number of amides is 2. The van der Waals surface area contributed by atoms with Crippen LogP contribution in [0.25, 0.3) is 11.1 Å². The van der Waals surface area contributed by atoms with Crippen LogP contribution in [-0.4, -0.2) is 57.0 Å². The van der Waals surface area contributed by atoms with Crippen LogP contribution in [0, 0.1) is 5.92 Å². The molecule has 1 aromatic heterocycles. The molecule has 2 aliphatic heterocycles. The van der Waals surface area contributed by atoms with Gasteiger partial charge in [0.1, 0.15) is 6.61 Å². The van der Waals surface area contributed by atoms with E-state index in [-0.39, 0.29) is 30.1 Å². The highest BCUT2D eigenvalue weighted by Gasteiger charge is 2.52. The second kappa shape index (κ2) is 8.23. The number of fused-ring (bicyclic) bond motifs is 5. The molecule has 10 heteroatoms. The Morgan fingerprint density at radius 3 is 2.37 bits per heavy atom. The van der Waals surface area contributed by atoms with Crippen molar-refractivity contribution in [3.63, 3.8) is 0 Å². The molecule has 10 nitrogen and oxygen atoms in total. The SMILES string of the molecule is O=C(Nc1nonc1C(=O)N1[C@@H]2CC[C@H]1[C@@H](C(=O)O)C2)OCC1c2ccccc2-c2ccccc21. The van der Waals surface area contributed by atoms with Crippen LogP contribution in [0.15, 0.2) is 53.2 Å². The topological polar surface area (TPSA) is 135 Å². The third-order valence-corrected chi connectivity index (χ3v) is 7.34. The van der Waals surface area contributed by atoms with Crippen LogP contribution in [0.2, 0.25) is 0 Å². The number of nitrogens with zero attached hydrogens (tertiary/aromatic N) is 3. The van der Waals surface area contributed by atoms with Crippen molar-refractivity contribution in [3.8, 4) is 11.1 Å². The molecule has 2 amide bonds. The number of carbonyl (C=O) groups excluding carboxylic acids is 2. The first kappa shape index (κ1) is 21.3. The van der Waals surface area contributed by atoms with Crippen LogP contribution in [0.1, 0.15) is 46.8 Å². The van der Waals surface area contributed by atoms with Gasteiger partial charge in [0, 0.05) is 18.0 Å². The van der Waals surface area contributed by atoms with Crippen LogP contribution in [0.5, 0.6) is 0 Å². The average molecular weight is 474 g/mol. The molecule has 3 aromatic rings. The van der Waals surface area contributed by atoms with Gasteiger partial charge in [-0.3, -0.25) is 14.9 Å². The summed E-state index contributed by atoms with van der Waals surface area (Å²) in [5, 5.41) is 19.3. The molecule has 2 saturated heterocycles. The highest BCUT2D eigenvalue weighted by Crippen LogP contribution is 2.45. The van der Waals surface area contributed by atoms with E-state index in [0.717, 1.165) is 28.7 Å². The largest absolute Gasteiger partial charge is 0.481 e. The Bertz CT molecular complexity index is 1290. The van der Waals surface area contributed by atoms with Gasteiger partial charge >= 0.3 is 12.1 Å². The first-order valence-corrected chi connectivity index (χ1v) is 11.5. The van der Waals surface area contributed by atoms with Crippen molar-refractivity contribution in [3.05, 3.63) is 65.4 Å². The number of carboxylic acid groups (broad SMARTS) is 1. The number of benzene rings is 2. The van der Waals surface area contributed by atoms with E-state index >= 15 is 0 Å². The van der Waals surface area contributed by atoms with Crippen LogP contribution in [-0.2, 0) is 9.53 Å². The molecular weight excluding hydrogens is 452 g/mol. The Kier molecular flexibility index (Phi) is 5.01. The second-order valence-corrected chi connectivity index (χ2v) is 9.10. The van der Waals surface area contributed by atoms with E-state index in [1.165, 1.54) is 0 Å². The first-order valence-electron chi connectivity index (χ1n) is 11.5. The van der Waals surface area contributed by atoms with Gasteiger partial charge in [0.05, 0.1) is 5.92 Å². The molecule has 35 heavy (non-hydrogen) atoms. The fourth-order valence-electron chi connectivity index (χ4n) is 5.83. The first-order chi connectivity index (χ1) is 17.0. The van der Waals surface area contributed by atoms with E-state index in [9.17, 15) is 19.5 Å². The van der Waals surface area contributed by atoms with Crippen molar-refractivity contribution >= 4 is 23.8 Å². The number of rotatable bonds is 5. The second-order valence-electron chi connectivity index (χ2n) is 9.10. The monoisotopic (exact) mass is 474 g/mol. The molecule has 3 atom stereocenters. The Labute approximate surface area is 199 Å². The number of carbonyl (C=O) groups is 3. The fraction of sp³-hybridized carbons (Fsp3) is 0.320. The van der Waals surface area contributed by atoms with Gasteiger partial charge in [0.25, 0.3) is 5.91 Å². The van der Waals surface area contributed by atoms with Crippen LogP contribution in [0.4, 0.5) is 10.6 Å². The van der Waals surface area contributed by atoms with E-state index in [0.29, 0.717) is 12.8 Å². The molecule has 0 spiro atoms. The minimum Gasteiger partial charge on any atom is -0.481 e. The maximum atomic E-state index is 13.2. The quantitative estimate of drug-likeness (QED) is 0.574. The molecular formula is C25H22N4O6. The molecule has 0 saturated carbocycles. The highest BCUT2D eigenvalue weighted by atomic mass is 16.6. The minimum absolute atomic E-state index is 0.102. The van der Waals surface area contributed by atoms with Gasteiger partial charge in [-0.25, -0.2) is 9.42 Å². The summed E-state index contributed by atoms with van der Waals surface area (Å²) in [4.78, 5) is 38.9. The van der Waals surface area contributed by atoms with Crippen LogP contribution < -0.4 is 5.32 Å². The molecule has 1 aliphatic carbocycles.